The van der Waals surface area contributed by atoms with E-state index in [0.29, 0.717) is 0 Å². The molecule has 0 spiro atoms. The number of anilines is 3. The number of pyridine rings is 1. The molecular weight excluding hydrogens is 529 g/mol. The van der Waals surface area contributed by atoms with Crippen LogP contribution in [0.2, 0.25) is 0 Å². The summed E-state index contributed by atoms with van der Waals surface area (Å²) in [6.07, 6.45) is 3.65. The van der Waals surface area contributed by atoms with Crippen molar-refractivity contribution in [2.75, 3.05) is 4.90 Å². The summed E-state index contributed by atoms with van der Waals surface area (Å²) in [4.78, 5) is 12.6. The van der Waals surface area contributed by atoms with Crippen LogP contribution < -0.4 is 4.90 Å². The van der Waals surface area contributed by atoms with Gasteiger partial charge in [-0.1, -0.05) is 56.3 Å². The van der Waals surface area contributed by atoms with Crippen LogP contribution in [-0.4, -0.2) is 4.98 Å². The fraction of sp³-hybridized carbons (Fsp3) is 0.0882. The molecule has 3 heterocycles. The van der Waals surface area contributed by atoms with E-state index in [-0.39, 0.29) is 11.1 Å². The second-order valence-corrected chi connectivity index (χ2v) is 12.4. The number of benzene rings is 3. The second-order valence-electron chi connectivity index (χ2n) is 10.3. The van der Waals surface area contributed by atoms with Crippen molar-refractivity contribution in [1.82, 2.24) is 4.98 Å². The summed E-state index contributed by atoms with van der Waals surface area (Å²) < 4.78 is 2.45. The van der Waals surface area contributed by atoms with Gasteiger partial charge in [0.25, 0.3) is 5.70 Å². The maximum absolute atomic E-state index is 9.22. The summed E-state index contributed by atoms with van der Waals surface area (Å²) in [7, 11) is 0. The molecular formula is C34H22N4S2. The molecule has 0 aliphatic heterocycles. The van der Waals surface area contributed by atoms with Gasteiger partial charge >= 0.3 is 0 Å². The number of para-hydroxylation sites is 2. The molecule has 0 amide bonds. The van der Waals surface area contributed by atoms with E-state index in [1.165, 1.54) is 31.0 Å². The van der Waals surface area contributed by atoms with Gasteiger partial charge in [-0.3, -0.25) is 4.98 Å². The summed E-state index contributed by atoms with van der Waals surface area (Å²) in [5.41, 5.74) is 7.98. The minimum Gasteiger partial charge on any atom is -0.309 e. The van der Waals surface area contributed by atoms with Crippen molar-refractivity contribution >= 4 is 66.1 Å². The van der Waals surface area contributed by atoms with E-state index in [1.54, 1.807) is 28.7 Å². The monoisotopic (exact) mass is 550 g/mol. The van der Waals surface area contributed by atoms with Crippen LogP contribution in [0.1, 0.15) is 29.9 Å². The molecule has 190 valence electrons. The molecule has 0 atom stereocenters. The lowest BCUT2D eigenvalue weighted by Gasteiger charge is -2.28. The van der Waals surface area contributed by atoms with Crippen LogP contribution in [0.3, 0.4) is 0 Å². The summed E-state index contributed by atoms with van der Waals surface area (Å²) in [6, 6.07) is 31.7. The van der Waals surface area contributed by atoms with Crippen LogP contribution >= 0.6 is 22.7 Å². The first-order valence-electron chi connectivity index (χ1n) is 12.9. The molecule has 0 bridgehead atoms. The van der Waals surface area contributed by atoms with Crippen LogP contribution in [0, 0.1) is 17.9 Å². The van der Waals surface area contributed by atoms with Crippen molar-refractivity contribution in [2.24, 2.45) is 0 Å². The largest absolute Gasteiger partial charge is 0.309 e. The normalized spacial score (nSPS) is 13.6. The number of allylic oxidation sites excluding steroid dienone is 1. The number of hydrogen-bond acceptors (Lipinski definition) is 5. The Morgan fingerprint density at radius 3 is 2.55 bits per heavy atom. The number of fused-ring (bicyclic) bond motifs is 6. The van der Waals surface area contributed by atoms with Gasteiger partial charge in [-0.25, -0.2) is 10.1 Å². The molecule has 6 aromatic rings. The molecule has 0 radical (unpaired) electrons. The molecule has 4 nitrogen and oxygen atoms in total. The Bertz CT molecular complexity index is 2050. The quantitative estimate of drug-likeness (QED) is 0.162. The van der Waals surface area contributed by atoms with E-state index in [9.17, 15) is 5.26 Å². The Hall–Kier alpha value is -4.75. The lowest BCUT2D eigenvalue weighted by molar-refractivity contribution is 0.668. The van der Waals surface area contributed by atoms with E-state index in [1.807, 2.05) is 36.5 Å². The third kappa shape index (κ3) is 3.73. The summed E-state index contributed by atoms with van der Waals surface area (Å²) in [5, 5.41) is 10.3. The standard InChI is InChI=1S/C34H22N4S2/c1-34(2)28-17-24(38(23-10-5-4-6-11-23)25-15-21-9-7-8-12-29(21)37-20-25)13-14-27(28)32-31(34)33-30(40-32)18-26(39-33)16-22(19-35)36-3/h4-18,20H,1-2H3/b22-16-. The first-order valence-corrected chi connectivity index (χ1v) is 14.5. The second kappa shape index (κ2) is 9.17. The highest BCUT2D eigenvalue weighted by Crippen LogP contribution is 2.58. The summed E-state index contributed by atoms with van der Waals surface area (Å²) in [5.74, 6) is 0. The van der Waals surface area contributed by atoms with Crippen molar-refractivity contribution in [1.29, 1.82) is 5.26 Å². The van der Waals surface area contributed by atoms with Crippen molar-refractivity contribution in [3.63, 3.8) is 0 Å². The van der Waals surface area contributed by atoms with Gasteiger partial charge in [0.2, 0.25) is 0 Å². The van der Waals surface area contributed by atoms with Gasteiger partial charge in [0.1, 0.15) is 0 Å². The van der Waals surface area contributed by atoms with Gasteiger partial charge in [-0.2, -0.15) is 0 Å². The Labute approximate surface area is 240 Å². The lowest BCUT2D eigenvalue weighted by atomic mass is 9.82. The van der Waals surface area contributed by atoms with Crippen LogP contribution in [-0.2, 0) is 5.41 Å². The third-order valence-electron chi connectivity index (χ3n) is 7.55. The highest BCUT2D eigenvalue weighted by atomic mass is 32.1. The van der Waals surface area contributed by atoms with Gasteiger partial charge in [0.05, 0.1) is 34.7 Å². The van der Waals surface area contributed by atoms with Crippen LogP contribution in [0.25, 0.3) is 41.7 Å². The Morgan fingerprint density at radius 2 is 1.75 bits per heavy atom. The highest BCUT2D eigenvalue weighted by molar-refractivity contribution is 7.30. The molecule has 0 saturated carbocycles. The fourth-order valence-electron chi connectivity index (χ4n) is 5.69. The van der Waals surface area contributed by atoms with Crippen LogP contribution in [0.15, 0.2) is 96.8 Å². The van der Waals surface area contributed by atoms with E-state index in [4.69, 9.17) is 11.6 Å². The molecule has 0 saturated heterocycles. The minimum absolute atomic E-state index is 0.113. The minimum atomic E-state index is -0.202. The molecule has 40 heavy (non-hydrogen) atoms. The number of rotatable bonds is 4. The van der Waals surface area contributed by atoms with Gasteiger partial charge in [-0.15, -0.1) is 22.7 Å². The number of nitrogens with zero attached hydrogens (tertiary/aromatic N) is 4. The summed E-state index contributed by atoms with van der Waals surface area (Å²) >= 11 is 3.47. The summed E-state index contributed by atoms with van der Waals surface area (Å²) in [6.45, 7) is 11.8. The molecule has 1 aliphatic rings. The van der Waals surface area contributed by atoms with Gasteiger partial charge in [0, 0.05) is 36.6 Å². The molecule has 1 aliphatic carbocycles. The van der Waals surface area contributed by atoms with Crippen LogP contribution in [0.5, 0.6) is 0 Å². The number of aromatic nitrogens is 1. The zero-order valence-corrected chi connectivity index (χ0v) is 23.5. The van der Waals surface area contributed by atoms with E-state index in [0.717, 1.165) is 32.8 Å². The van der Waals surface area contributed by atoms with Crippen molar-refractivity contribution in [2.45, 2.75) is 19.3 Å². The zero-order valence-electron chi connectivity index (χ0n) is 21.8. The molecule has 0 N–H and O–H groups in total. The van der Waals surface area contributed by atoms with Gasteiger partial charge < -0.3 is 4.90 Å². The first-order chi connectivity index (χ1) is 19.5. The average Bonchev–Trinajstić information content (AvgIpc) is 3.60. The topological polar surface area (TPSA) is 44.3 Å². The molecule has 0 fully saturated rings. The Morgan fingerprint density at radius 1 is 0.950 bits per heavy atom. The SMILES string of the molecule is [C-]#[N+]/C(C#N)=C\c1cc2sc3c(c2s1)C(C)(C)c1cc(N(c2ccccc2)c2cnc4ccccc4c2)ccc1-3. The van der Waals surface area contributed by atoms with Crippen molar-refractivity contribution < 1.29 is 0 Å². The fourth-order valence-corrected chi connectivity index (χ4v) is 8.63. The van der Waals surface area contributed by atoms with E-state index in [2.05, 4.69) is 84.3 Å². The van der Waals surface area contributed by atoms with E-state index >= 15 is 0 Å². The van der Waals surface area contributed by atoms with Crippen molar-refractivity contribution in [3.8, 4) is 16.5 Å². The molecule has 6 heteroatoms. The molecule has 7 rings (SSSR count). The smallest absolute Gasteiger partial charge is 0.263 e. The maximum atomic E-state index is 9.22. The number of hydrogen-bond donors (Lipinski definition) is 0. The number of thiophene rings is 2. The van der Waals surface area contributed by atoms with E-state index < -0.39 is 0 Å². The average molecular weight is 551 g/mol. The highest BCUT2D eigenvalue weighted by Gasteiger charge is 2.40. The maximum Gasteiger partial charge on any atom is 0.263 e. The van der Waals surface area contributed by atoms with Crippen LogP contribution in [0.4, 0.5) is 17.1 Å². The Balaban J connectivity index is 1.37. The zero-order chi connectivity index (χ0) is 27.4. The Kier molecular flexibility index (Phi) is 5.57. The third-order valence-corrected chi connectivity index (χ3v) is 9.95. The first kappa shape index (κ1) is 24.3. The van der Waals surface area contributed by atoms with Gasteiger partial charge in [0.15, 0.2) is 0 Å². The molecule has 3 aromatic heterocycles. The van der Waals surface area contributed by atoms with Gasteiger partial charge in [-0.05, 0) is 65.2 Å². The predicted molar refractivity (Wildman–Crippen MR) is 167 cm³/mol. The lowest BCUT2D eigenvalue weighted by Crippen LogP contribution is -2.16. The molecule has 3 aromatic carbocycles. The predicted octanol–water partition coefficient (Wildman–Crippen LogP) is 10.1. The van der Waals surface area contributed by atoms with Crippen molar-refractivity contribution in [3.05, 3.63) is 124 Å². The molecule has 0 unspecified atom stereocenters. The number of nitriles is 1.